The monoisotopic (exact) mass is 371 g/mol. The number of carbonyl (C=O) groups excluding carboxylic acids is 1. The number of carbonyl (C=O) groups is 1. The summed E-state index contributed by atoms with van der Waals surface area (Å²) in [5.41, 5.74) is 0.952. The molecule has 0 aromatic heterocycles. The van der Waals surface area contributed by atoms with E-state index in [-0.39, 0.29) is 33.0 Å². The van der Waals surface area contributed by atoms with Gasteiger partial charge in [-0.3, -0.25) is 4.79 Å². The lowest BCUT2D eigenvalue weighted by Gasteiger charge is -2.07. The average molecular weight is 372 g/mol. The Hall–Kier alpha value is -1.56. The van der Waals surface area contributed by atoms with Gasteiger partial charge in [-0.2, -0.15) is 0 Å². The van der Waals surface area contributed by atoms with Crippen LogP contribution in [0.15, 0.2) is 53.4 Å². The van der Waals surface area contributed by atoms with Gasteiger partial charge in [0.2, 0.25) is 5.91 Å². The van der Waals surface area contributed by atoms with Gasteiger partial charge in [0.05, 0.1) is 20.7 Å². The second-order valence-corrected chi connectivity index (χ2v) is 7.83. The second-order valence-electron chi connectivity index (χ2n) is 4.91. The quantitative estimate of drug-likeness (QED) is 0.845. The van der Waals surface area contributed by atoms with Crippen LogP contribution in [-0.4, -0.2) is 20.1 Å². The molecule has 0 aliphatic heterocycles. The molecule has 0 heterocycles. The summed E-state index contributed by atoms with van der Waals surface area (Å²) in [6.07, 6.45) is -0.116. The van der Waals surface area contributed by atoms with Crippen molar-refractivity contribution in [2.45, 2.75) is 17.9 Å². The topological polar surface area (TPSA) is 63.2 Å². The second kappa shape index (κ2) is 7.81. The first-order valence-electron chi connectivity index (χ1n) is 6.87. The summed E-state index contributed by atoms with van der Waals surface area (Å²) in [4.78, 5) is 11.9. The lowest BCUT2D eigenvalue weighted by Crippen LogP contribution is -2.25. The minimum Gasteiger partial charge on any atom is -0.352 e. The first-order valence-corrected chi connectivity index (χ1v) is 9.28. The van der Waals surface area contributed by atoms with Crippen LogP contribution in [0.1, 0.15) is 12.0 Å². The van der Waals surface area contributed by atoms with Crippen LogP contribution < -0.4 is 5.32 Å². The first-order chi connectivity index (χ1) is 10.9. The van der Waals surface area contributed by atoms with Crippen molar-refractivity contribution in [1.29, 1.82) is 0 Å². The summed E-state index contributed by atoms with van der Waals surface area (Å²) in [6, 6.07) is 13.5. The number of hydrogen-bond acceptors (Lipinski definition) is 3. The highest BCUT2D eigenvalue weighted by Gasteiger charge is 2.17. The highest BCUT2D eigenvalue weighted by Crippen LogP contribution is 2.25. The van der Waals surface area contributed by atoms with Crippen LogP contribution in [0.3, 0.4) is 0 Å². The Kier molecular flexibility index (Phi) is 6.04. The van der Waals surface area contributed by atoms with Crippen molar-refractivity contribution in [3.8, 4) is 0 Å². The van der Waals surface area contributed by atoms with Gasteiger partial charge in [-0.15, -0.1) is 0 Å². The number of amides is 1. The highest BCUT2D eigenvalue weighted by molar-refractivity contribution is 7.91. The summed E-state index contributed by atoms with van der Waals surface area (Å²) >= 11 is 11.6. The predicted octanol–water partition coefficient (Wildman–Crippen LogP) is 3.47. The molecule has 0 bridgehead atoms. The van der Waals surface area contributed by atoms with E-state index in [9.17, 15) is 13.2 Å². The van der Waals surface area contributed by atoms with E-state index in [4.69, 9.17) is 23.2 Å². The van der Waals surface area contributed by atoms with E-state index >= 15 is 0 Å². The van der Waals surface area contributed by atoms with Crippen molar-refractivity contribution >= 4 is 38.9 Å². The third kappa shape index (κ3) is 5.23. The van der Waals surface area contributed by atoms with Crippen LogP contribution in [0, 0.1) is 0 Å². The maximum Gasteiger partial charge on any atom is 0.221 e. The van der Waals surface area contributed by atoms with Crippen LogP contribution in [-0.2, 0) is 21.2 Å². The summed E-state index contributed by atoms with van der Waals surface area (Å²) < 4.78 is 24.4. The zero-order valence-electron chi connectivity index (χ0n) is 12.1. The van der Waals surface area contributed by atoms with Crippen LogP contribution >= 0.6 is 23.2 Å². The highest BCUT2D eigenvalue weighted by atomic mass is 35.5. The molecule has 2 rings (SSSR count). The van der Waals surface area contributed by atoms with Crippen LogP contribution in [0.5, 0.6) is 0 Å². The number of rotatable bonds is 6. The van der Waals surface area contributed by atoms with Crippen LogP contribution in [0.25, 0.3) is 0 Å². The molecule has 0 fully saturated rings. The molecule has 0 spiro atoms. The molecular formula is C16H15Cl2NO3S. The Morgan fingerprint density at radius 3 is 2.35 bits per heavy atom. The number of sulfone groups is 1. The fraction of sp³-hybridized carbons (Fsp3) is 0.188. The Labute approximate surface area is 145 Å². The molecule has 1 N–H and O–H groups in total. The summed E-state index contributed by atoms with van der Waals surface area (Å²) in [7, 11) is -3.58. The van der Waals surface area contributed by atoms with Crippen molar-refractivity contribution in [2.24, 2.45) is 0 Å². The van der Waals surface area contributed by atoms with Gasteiger partial charge in [0.25, 0.3) is 0 Å². The van der Waals surface area contributed by atoms with Gasteiger partial charge in [0.1, 0.15) is 0 Å². The van der Waals surface area contributed by atoms with E-state index in [1.165, 1.54) is 18.2 Å². The number of nitrogens with one attached hydrogen (secondary N) is 1. The zero-order chi connectivity index (χ0) is 16.9. The van der Waals surface area contributed by atoms with E-state index in [0.29, 0.717) is 6.54 Å². The van der Waals surface area contributed by atoms with Crippen molar-refractivity contribution < 1.29 is 13.2 Å². The molecule has 0 aliphatic carbocycles. The molecule has 4 nitrogen and oxygen atoms in total. The van der Waals surface area contributed by atoms with E-state index in [1.54, 1.807) is 0 Å². The molecule has 0 saturated heterocycles. The van der Waals surface area contributed by atoms with Crippen LogP contribution in [0.4, 0.5) is 0 Å². The molecule has 0 saturated carbocycles. The number of benzene rings is 2. The minimum atomic E-state index is -3.58. The van der Waals surface area contributed by atoms with Crippen molar-refractivity contribution in [3.05, 3.63) is 64.1 Å². The van der Waals surface area contributed by atoms with Gasteiger partial charge in [-0.1, -0.05) is 53.5 Å². The van der Waals surface area contributed by atoms with E-state index < -0.39 is 9.84 Å². The van der Waals surface area contributed by atoms with Gasteiger partial charge in [-0.25, -0.2) is 8.42 Å². The predicted molar refractivity (Wildman–Crippen MR) is 91.4 cm³/mol. The molecular weight excluding hydrogens is 357 g/mol. The van der Waals surface area contributed by atoms with E-state index in [0.717, 1.165) is 5.56 Å². The molecule has 1 amide bonds. The lowest BCUT2D eigenvalue weighted by atomic mass is 10.2. The first kappa shape index (κ1) is 17.8. The lowest BCUT2D eigenvalue weighted by molar-refractivity contribution is -0.120. The Bertz CT molecular complexity index is 792. The molecule has 0 radical (unpaired) electrons. The third-order valence-electron chi connectivity index (χ3n) is 3.18. The standard InChI is InChI=1S/C16H15Cl2NO3S/c17-14-7-6-13(10-15(14)18)23(21,22)9-8-16(20)19-11-12-4-2-1-3-5-12/h1-7,10H,8-9,11H2,(H,19,20). The fourth-order valence-corrected chi connectivity index (χ4v) is 3.53. The Morgan fingerprint density at radius 1 is 1.00 bits per heavy atom. The molecule has 2 aromatic rings. The van der Waals surface area contributed by atoms with Gasteiger partial charge in [-0.05, 0) is 23.8 Å². The van der Waals surface area contributed by atoms with Gasteiger partial charge >= 0.3 is 0 Å². The van der Waals surface area contributed by atoms with Gasteiger partial charge in [0.15, 0.2) is 9.84 Å². The maximum atomic E-state index is 12.2. The number of halogens is 2. The molecule has 23 heavy (non-hydrogen) atoms. The van der Waals surface area contributed by atoms with Crippen molar-refractivity contribution in [3.63, 3.8) is 0 Å². The van der Waals surface area contributed by atoms with Crippen molar-refractivity contribution in [1.82, 2.24) is 5.32 Å². The smallest absolute Gasteiger partial charge is 0.221 e. The Balaban J connectivity index is 1.91. The van der Waals surface area contributed by atoms with Gasteiger partial charge < -0.3 is 5.32 Å². The van der Waals surface area contributed by atoms with Crippen molar-refractivity contribution in [2.75, 3.05) is 5.75 Å². The minimum absolute atomic E-state index is 0.0581. The molecule has 7 heteroatoms. The van der Waals surface area contributed by atoms with Crippen LogP contribution in [0.2, 0.25) is 10.0 Å². The fourth-order valence-electron chi connectivity index (χ4n) is 1.90. The molecule has 0 atom stereocenters. The van der Waals surface area contributed by atoms with E-state index in [2.05, 4.69) is 5.32 Å². The van der Waals surface area contributed by atoms with E-state index in [1.807, 2.05) is 30.3 Å². The van der Waals surface area contributed by atoms with Gasteiger partial charge in [0, 0.05) is 13.0 Å². The summed E-state index contributed by atoms with van der Waals surface area (Å²) in [5, 5.41) is 3.14. The third-order valence-corrected chi connectivity index (χ3v) is 5.63. The molecule has 0 unspecified atom stereocenters. The molecule has 122 valence electrons. The number of hydrogen-bond donors (Lipinski definition) is 1. The summed E-state index contributed by atoms with van der Waals surface area (Å²) in [6.45, 7) is 0.368. The SMILES string of the molecule is O=C(CCS(=O)(=O)c1ccc(Cl)c(Cl)c1)NCc1ccccc1. The maximum absolute atomic E-state index is 12.2. The zero-order valence-corrected chi connectivity index (χ0v) is 14.5. The molecule has 0 aliphatic rings. The average Bonchev–Trinajstić information content (AvgIpc) is 2.54. The largest absolute Gasteiger partial charge is 0.352 e. The summed E-state index contributed by atoms with van der Waals surface area (Å²) in [5.74, 6) is -0.608. The normalized spacial score (nSPS) is 11.2. The molecule has 2 aromatic carbocycles. The Morgan fingerprint density at radius 2 is 1.70 bits per heavy atom.